The van der Waals surface area contributed by atoms with E-state index in [2.05, 4.69) is 5.32 Å². The molecule has 5 nitrogen and oxygen atoms in total. The van der Waals surface area contributed by atoms with Crippen LogP contribution in [0.5, 0.6) is 0 Å². The molecule has 0 spiro atoms. The molecule has 0 saturated carbocycles. The van der Waals surface area contributed by atoms with E-state index >= 15 is 0 Å². The highest BCUT2D eigenvalue weighted by atomic mass is 35.5. The van der Waals surface area contributed by atoms with E-state index < -0.39 is 58.8 Å². The fourth-order valence-corrected chi connectivity index (χ4v) is 3.83. The van der Waals surface area contributed by atoms with Gasteiger partial charge in [0.25, 0.3) is 5.91 Å². The van der Waals surface area contributed by atoms with Crippen molar-refractivity contribution in [1.29, 1.82) is 0 Å². The molecule has 0 bridgehead atoms. The summed E-state index contributed by atoms with van der Waals surface area (Å²) in [5.41, 5.74) is -3.92. The first-order chi connectivity index (χ1) is 15.7. The summed E-state index contributed by atoms with van der Waals surface area (Å²) in [5, 5.41) is 11.5. The van der Waals surface area contributed by atoms with Crippen LogP contribution in [-0.4, -0.2) is 41.1 Å². The molecule has 1 heterocycles. The summed E-state index contributed by atoms with van der Waals surface area (Å²) in [6.45, 7) is -0.263. The first-order valence-corrected chi connectivity index (χ1v) is 10.1. The Morgan fingerprint density at radius 2 is 1.59 bits per heavy atom. The van der Waals surface area contributed by atoms with Crippen LogP contribution in [0.15, 0.2) is 36.4 Å². The second-order valence-electron chi connectivity index (χ2n) is 7.67. The minimum Gasteiger partial charge on any atom is -0.465 e. The minimum absolute atomic E-state index is 0.0158. The summed E-state index contributed by atoms with van der Waals surface area (Å²) < 4.78 is 92.7. The monoisotopic (exact) mass is 512 g/mol. The predicted molar refractivity (Wildman–Crippen MR) is 106 cm³/mol. The van der Waals surface area contributed by atoms with E-state index in [4.69, 9.17) is 11.6 Å². The fraction of sp³-hybridized carbons (Fsp3) is 0.333. The number of nitrogens with one attached hydrogen (secondary N) is 1. The number of hydrogen-bond donors (Lipinski definition) is 2. The lowest BCUT2D eigenvalue weighted by Gasteiger charge is -2.38. The molecular formula is C21H16ClF7N2O3. The van der Waals surface area contributed by atoms with Crippen LogP contribution in [0.25, 0.3) is 0 Å². The highest BCUT2D eigenvalue weighted by molar-refractivity contribution is 6.30. The molecule has 0 aromatic heterocycles. The number of rotatable bonds is 3. The van der Waals surface area contributed by atoms with Crippen molar-refractivity contribution in [1.82, 2.24) is 10.2 Å². The second kappa shape index (κ2) is 9.32. The van der Waals surface area contributed by atoms with Gasteiger partial charge < -0.3 is 15.3 Å². The molecule has 34 heavy (non-hydrogen) atoms. The second-order valence-corrected chi connectivity index (χ2v) is 8.08. The number of halogens is 8. The number of benzene rings is 2. The first-order valence-electron chi connectivity index (χ1n) is 9.70. The molecule has 0 radical (unpaired) electrons. The third-order valence-electron chi connectivity index (χ3n) is 5.42. The molecule has 1 aliphatic rings. The molecule has 1 aliphatic heterocycles. The van der Waals surface area contributed by atoms with Gasteiger partial charge in [0, 0.05) is 30.6 Å². The van der Waals surface area contributed by atoms with E-state index in [9.17, 15) is 45.4 Å². The summed E-state index contributed by atoms with van der Waals surface area (Å²) in [7, 11) is 0. The molecule has 13 heteroatoms. The lowest BCUT2D eigenvalue weighted by atomic mass is 9.85. The van der Waals surface area contributed by atoms with Crippen LogP contribution in [-0.2, 0) is 12.4 Å². The molecule has 1 fully saturated rings. The number of amides is 2. The molecule has 2 aromatic rings. The number of hydrogen-bond acceptors (Lipinski definition) is 2. The van der Waals surface area contributed by atoms with Crippen molar-refractivity contribution in [2.24, 2.45) is 0 Å². The van der Waals surface area contributed by atoms with Gasteiger partial charge in [0.15, 0.2) is 0 Å². The van der Waals surface area contributed by atoms with Crippen molar-refractivity contribution >= 4 is 23.6 Å². The van der Waals surface area contributed by atoms with E-state index in [1.54, 1.807) is 0 Å². The summed E-state index contributed by atoms with van der Waals surface area (Å²) in [5.74, 6) is -2.87. The Morgan fingerprint density at radius 1 is 1.00 bits per heavy atom. The van der Waals surface area contributed by atoms with Crippen molar-refractivity contribution < 1.29 is 45.4 Å². The number of nitrogens with zero attached hydrogens (tertiary/aromatic N) is 1. The van der Waals surface area contributed by atoms with Crippen LogP contribution in [0.2, 0.25) is 5.02 Å². The lowest BCUT2D eigenvalue weighted by Crippen LogP contribution is -2.51. The largest absolute Gasteiger partial charge is 0.465 e. The van der Waals surface area contributed by atoms with E-state index in [0.717, 1.165) is 11.0 Å². The van der Waals surface area contributed by atoms with E-state index in [0.29, 0.717) is 12.1 Å². The maximum absolute atomic E-state index is 14.0. The van der Waals surface area contributed by atoms with E-state index in [1.165, 1.54) is 12.1 Å². The zero-order chi connectivity index (χ0) is 25.4. The Labute approximate surface area is 193 Å². The number of carbonyl (C=O) groups is 2. The molecule has 0 aliphatic carbocycles. The Kier molecular flexibility index (Phi) is 7.02. The third kappa shape index (κ3) is 5.72. The minimum atomic E-state index is -5.13. The van der Waals surface area contributed by atoms with E-state index in [-0.39, 0.29) is 36.2 Å². The summed E-state index contributed by atoms with van der Waals surface area (Å²) in [6.07, 6.45) is -11.6. The van der Waals surface area contributed by atoms with Gasteiger partial charge in [0.1, 0.15) is 5.82 Å². The molecule has 3 rings (SSSR count). The highest BCUT2D eigenvalue weighted by Gasteiger charge is 2.38. The lowest BCUT2D eigenvalue weighted by molar-refractivity contribution is -0.143. The molecular weight excluding hydrogens is 497 g/mol. The molecule has 184 valence electrons. The average Bonchev–Trinajstić information content (AvgIpc) is 2.74. The molecule has 0 unspecified atom stereocenters. The Balaban J connectivity index is 1.95. The van der Waals surface area contributed by atoms with Crippen LogP contribution < -0.4 is 5.32 Å². The van der Waals surface area contributed by atoms with Gasteiger partial charge in [-0.05, 0) is 42.3 Å². The van der Waals surface area contributed by atoms with Crippen molar-refractivity contribution in [2.75, 3.05) is 13.1 Å². The first kappa shape index (κ1) is 25.6. The standard InChI is InChI=1S/C21H16ClF7N2O3/c22-15-2-1-10(7-16(15)23)14-9-31(19(33)34)4-3-17(14)30-18(32)11-5-12(20(24,25)26)8-13(6-11)21(27,28)29/h1-2,5-8,14,17H,3-4,9H2,(H,30,32)(H,33,34)/t14-,17+/m0/s1. The summed E-state index contributed by atoms with van der Waals surface area (Å²) in [6, 6.07) is 3.24. The highest BCUT2D eigenvalue weighted by Crippen LogP contribution is 2.37. The number of alkyl halides is 6. The third-order valence-corrected chi connectivity index (χ3v) is 5.73. The smallest absolute Gasteiger partial charge is 0.416 e. The van der Waals surface area contributed by atoms with Crippen LogP contribution in [0.4, 0.5) is 35.5 Å². The summed E-state index contributed by atoms with van der Waals surface area (Å²) >= 11 is 5.67. The normalized spacial score (nSPS) is 19.1. The van der Waals surface area contributed by atoms with Crippen molar-refractivity contribution in [3.63, 3.8) is 0 Å². The molecule has 2 N–H and O–H groups in total. The number of carbonyl (C=O) groups excluding carboxylic acids is 1. The van der Waals surface area contributed by atoms with Crippen molar-refractivity contribution in [3.8, 4) is 0 Å². The SMILES string of the molecule is O=C(N[C@@H]1CCN(C(=O)O)C[C@H]1c1ccc(Cl)c(F)c1)c1cc(C(F)(F)F)cc(C(F)(F)F)c1. The van der Waals surface area contributed by atoms with Gasteiger partial charge in [-0.25, -0.2) is 9.18 Å². The Bertz CT molecular complexity index is 1070. The van der Waals surface area contributed by atoms with Crippen LogP contribution in [0.3, 0.4) is 0 Å². The molecule has 2 aromatic carbocycles. The zero-order valence-corrected chi connectivity index (χ0v) is 17.7. The number of carboxylic acid groups (broad SMARTS) is 1. The maximum atomic E-state index is 14.0. The van der Waals surface area contributed by atoms with Gasteiger partial charge in [-0.2, -0.15) is 26.3 Å². The van der Waals surface area contributed by atoms with Gasteiger partial charge >= 0.3 is 18.4 Å². The molecule has 2 atom stereocenters. The van der Waals surface area contributed by atoms with Crippen LogP contribution in [0.1, 0.15) is 39.4 Å². The zero-order valence-electron chi connectivity index (χ0n) is 17.0. The maximum Gasteiger partial charge on any atom is 0.416 e. The fourth-order valence-electron chi connectivity index (χ4n) is 3.72. The molecule has 1 saturated heterocycles. The van der Waals surface area contributed by atoms with Gasteiger partial charge in [-0.15, -0.1) is 0 Å². The van der Waals surface area contributed by atoms with Gasteiger partial charge in [-0.3, -0.25) is 4.79 Å². The average molecular weight is 513 g/mol. The predicted octanol–water partition coefficient (Wildman–Crippen LogP) is 5.78. The van der Waals surface area contributed by atoms with Gasteiger partial charge in [-0.1, -0.05) is 17.7 Å². The number of piperidine rings is 1. The van der Waals surface area contributed by atoms with Crippen molar-refractivity contribution in [2.45, 2.75) is 30.7 Å². The van der Waals surface area contributed by atoms with Crippen LogP contribution in [0, 0.1) is 5.82 Å². The van der Waals surface area contributed by atoms with Gasteiger partial charge in [0.05, 0.1) is 16.1 Å². The quantitative estimate of drug-likeness (QED) is 0.512. The Morgan fingerprint density at radius 3 is 2.09 bits per heavy atom. The van der Waals surface area contributed by atoms with Crippen molar-refractivity contribution in [3.05, 3.63) is 69.5 Å². The summed E-state index contributed by atoms with van der Waals surface area (Å²) in [4.78, 5) is 25.1. The molecule has 2 amide bonds. The van der Waals surface area contributed by atoms with Gasteiger partial charge in [0.2, 0.25) is 0 Å². The number of likely N-dealkylation sites (tertiary alicyclic amines) is 1. The Hall–Kier alpha value is -3.02. The van der Waals surface area contributed by atoms with E-state index in [1.807, 2.05) is 0 Å². The van der Waals surface area contributed by atoms with Crippen LogP contribution >= 0.6 is 11.6 Å². The topological polar surface area (TPSA) is 69.6 Å².